The lowest BCUT2D eigenvalue weighted by atomic mass is 10.1. The minimum absolute atomic E-state index is 0.184. The molecule has 0 amide bonds. The molecule has 10 heteroatoms. The Bertz CT molecular complexity index is 1520. The first kappa shape index (κ1) is 23.5. The molecule has 2 heterocycles. The second-order valence-corrected chi connectivity index (χ2v) is 10.0. The molecule has 0 aliphatic rings. The van der Waals surface area contributed by atoms with Crippen LogP contribution in [0.15, 0.2) is 64.2 Å². The average Bonchev–Trinajstić information content (AvgIpc) is 3.21. The van der Waals surface area contributed by atoms with Gasteiger partial charge in [0.05, 0.1) is 12.8 Å². The molecule has 0 bridgehead atoms. The lowest BCUT2D eigenvalue weighted by Crippen LogP contribution is -2.40. The Balaban J connectivity index is 1.72. The highest BCUT2D eigenvalue weighted by atomic mass is 32.2. The summed E-state index contributed by atoms with van der Waals surface area (Å²) in [5, 5.41) is 0. The van der Waals surface area contributed by atoms with Crippen LogP contribution in [0.1, 0.15) is 36.7 Å². The predicted octanol–water partition coefficient (Wildman–Crippen LogP) is 2.70. The first-order chi connectivity index (χ1) is 16.2. The van der Waals surface area contributed by atoms with Crippen molar-refractivity contribution in [1.29, 1.82) is 0 Å². The Morgan fingerprint density at radius 2 is 1.68 bits per heavy atom. The van der Waals surface area contributed by atoms with Gasteiger partial charge in [0.25, 0.3) is 5.56 Å². The lowest BCUT2D eigenvalue weighted by molar-refractivity contribution is 0.569. The molecule has 0 atom stereocenters. The highest BCUT2D eigenvalue weighted by Gasteiger charge is 2.17. The smallest absolute Gasteiger partial charge is 0.333 e. The standard InChI is InChI=1S/C24H27N5O4S/c1-3-4-14-28-22-21(23(30)29(24(28)31)16-18-8-6-5-7-9-18)25-20(26-22)15-17-10-12-19(13-11-17)27-34(2,32)33/h5-13,27H,3-4,14-16H2,1-2H3,(H,25,26). The molecule has 0 radical (unpaired) electrons. The third kappa shape index (κ3) is 5.28. The second kappa shape index (κ2) is 9.68. The fourth-order valence-corrected chi connectivity index (χ4v) is 4.38. The zero-order valence-corrected chi connectivity index (χ0v) is 19.9. The van der Waals surface area contributed by atoms with Crippen molar-refractivity contribution in [2.75, 3.05) is 11.0 Å². The molecule has 2 N–H and O–H groups in total. The van der Waals surface area contributed by atoms with E-state index >= 15 is 0 Å². The molecule has 34 heavy (non-hydrogen) atoms. The van der Waals surface area contributed by atoms with E-state index in [1.807, 2.05) is 37.3 Å². The molecule has 0 saturated heterocycles. The molecule has 0 fully saturated rings. The van der Waals surface area contributed by atoms with Gasteiger partial charge in [-0.15, -0.1) is 0 Å². The van der Waals surface area contributed by atoms with E-state index in [-0.39, 0.29) is 12.2 Å². The van der Waals surface area contributed by atoms with Gasteiger partial charge in [-0.3, -0.25) is 18.7 Å². The molecule has 0 saturated carbocycles. The van der Waals surface area contributed by atoms with Crippen molar-refractivity contribution in [3.05, 3.63) is 92.4 Å². The van der Waals surface area contributed by atoms with Crippen LogP contribution in [0.4, 0.5) is 5.69 Å². The summed E-state index contributed by atoms with van der Waals surface area (Å²) in [5.41, 5.74) is 2.10. The van der Waals surface area contributed by atoms with Crippen molar-refractivity contribution in [2.45, 2.75) is 39.3 Å². The quantitative estimate of drug-likeness (QED) is 0.381. The molecule has 0 aliphatic heterocycles. The van der Waals surface area contributed by atoms with Gasteiger partial charge in [-0.1, -0.05) is 55.8 Å². The number of aromatic nitrogens is 4. The molecular formula is C24H27N5O4S. The molecule has 0 aliphatic carbocycles. The monoisotopic (exact) mass is 481 g/mol. The topological polar surface area (TPSA) is 119 Å². The van der Waals surface area contributed by atoms with Crippen molar-refractivity contribution >= 4 is 26.9 Å². The van der Waals surface area contributed by atoms with Crippen LogP contribution in [0.2, 0.25) is 0 Å². The van der Waals surface area contributed by atoms with Crippen molar-refractivity contribution in [2.24, 2.45) is 0 Å². The van der Waals surface area contributed by atoms with Gasteiger partial charge in [-0.25, -0.2) is 18.2 Å². The van der Waals surface area contributed by atoms with Crippen LogP contribution in [-0.4, -0.2) is 33.8 Å². The van der Waals surface area contributed by atoms with Crippen molar-refractivity contribution in [3.8, 4) is 0 Å². The lowest BCUT2D eigenvalue weighted by Gasteiger charge is -2.11. The van der Waals surface area contributed by atoms with E-state index in [4.69, 9.17) is 0 Å². The van der Waals surface area contributed by atoms with Gasteiger partial charge in [-0.05, 0) is 29.7 Å². The van der Waals surface area contributed by atoms with Gasteiger partial charge < -0.3 is 4.98 Å². The zero-order valence-electron chi connectivity index (χ0n) is 19.1. The number of benzene rings is 2. The number of aryl methyl sites for hydroxylation is 1. The summed E-state index contributed by atoms with van der Waals surface area (Å²) in [4.78, 5) is 34.2. The summed E-state index contributed by atoms with van der Waals surface area (Å²) in [6.45, 7) is 2.70. The van der Waals surface area contributed by atoms with E-state index in [0.29, 0.717) is 35.6 Å². The summed E-state index contributed by atoms with van der Waals surface area (Å²) in [6.07, 6.45) is 3.18. The molecule has 178 valence electrons. The number of rotatable bonds is 9. The molecule has 0 unspecified atom stereocenters. The third-order valence-corrected chi connectivity index (χ3v) is 6.06. The van der Waals surface area contributed by atoms with Crippen LogP contribution >= 0.6 is 0 Å². The number of nitrogens with one attached hydrogen (secondary N) is 2. The van der Waals surface area contributed by atoms with Crippen LogP contribution in [0.3, 0.4) is 0 Å². The number of sulfonamides is 1. The number of hydrogen-bond donors (Lipinski definition) is 2. The minimum atomic E-state index is -3.35. The van der Waals surface area contributed by atoms with Gasteiger partial charge in [0.2, 0.25) is 10.0 Å². The Hall–Kier alpha value is -3.66. The Morgan fingerprint density at radius 1 is 0.971 bits per heavy atom. The minimum Gasteiger partial charge on any atom is -0.336 e. The maximum Gasteiger partial charge on any atom is 0.333 e. The fourth-order valence-electron chi connectivity index (χ4n) is 3.82. The predicted molar refractivity (Wildman–Crippen MR) is 133 cm³/mol. The number of anilines is 1. The van der Waals surface area contributed by atoms with E-state index in [0.717, 1.165) is 30.2 Å². The number of imidazole rings is 1. The van der Waals surface area contributed by atoms with E-state index in [1.54, 1.807) is 28.8 Å². The third-order valence-electron chi connectivity index (χ3n) is 5.46. The number of aromatic amines is 1. The summed E-state index contributed by atoms with van der Waals surface area (Å²) >= 11 is 0. The van der Waals surface area contributed by atoms with Crippen molar-refractivity contribution < 1.29 is 8.42 Å². The number of unbranched alkanes of at least 4 members (excludes halogenated alkanes) is 1. The Morgan fingerprint density at radius 3 is 2.32 bits per heavy atom. The van der Waals surface area contributed by atoms with Crippen LogP contribution in [0.5, 0.6) is 0 Å². The molecule has 2 aromatic heterocycles. The Labute approximate surface area is 197 Å². The molecule has 4 aromatic rings. The molecular weight excluding hydrogens is 454 g/mol. The van der Waals surface area contributed by atoms with Gasteiger partial charge >= 0.3 is 5.69 Å². The van der Waals surface area contributed by atoms with E-state index < -0.39 is 15.6 Å². The number of nitrogens with zero attached hydrogens (tertiary/aromatic N) is 3. The second-order valence-electron chi connectivity index (χ2n) is 8.29. The SMILES string of the molecule is CCCCn1c(=O)n(Cc2ccccc2)c(=O)c2[nH]c(Cc3ccc(NS(C)(=O)=O)cc3)nc21. The van der Waals surface area contributed by atoms with Crippen LogP contribution in [0.25, 0.3) is 11.2 Å². The van der Waals surface area contributed by atoms with Gasteiger partial charge in [0.1, 0.15) is 11.3 Å². The first-order valence-corrected chi connectivity index (χ1v) is 13.0. The molecule has 0 spiro atoms. The Kier molecular flexibility index (Phi) is 6.69. The number of fused-ring (bicyclic) bond motifs is 1. The van der Waals surface area contributed by atoms with E-state index in [9.17, 15) is 18.0 Å². The molecule has 2 aromatic carbocycles. The maximum absolute atomic E-state index is 13.2. The highest BCUT2D eigenvalue weighted by molar-refractivity contribution is 7.92. The zero-order chi connectivity index (χ0) is 24.3. The summed E-state index contributed by atoms with van der Waals surface area (Å²) in [6, 6.07) is 16.3. The van der Waals surface area contributed by atoms with E-state index in [1.165, 1.54) is 4.57 Å². The maximum atomic E-state index is 13.2. The van der Waals surface area contributed by atoms with Crippen LogP contribution in [0, 0.1) is 0 Å². The summed E-state index contributed by atoms with van der Waals surface area (Å²) in [7, 11) is -3.35. The average molecular weight is 482 g/mol. The summed E-state index contributed by atoms with van der Waals surface area (Å²) < 4.78 is 28.0. The van der Waals surface area contributed by atoms with E-state index in [2.05, 4.69) is 14.7 Å². The van der Waals surface area contributed by atoms with Gasteiger partial charge in [0.15, 0.2) is 5.65 Å². The largest absolute Gasteiger partial charge is 0.336 e. The number of H-pyrrole nitrogens is 1. The summed E-state index contributed by atoms with van der Waals surface area (Å²) in [5.74, 6) is 0.554. The molecule has 4 rings (SSSR count). The molecule has 9 nitrogen and oxygen atoms in total. The van der Waals surface area contributed by atoms with Gasteiger partial charge in [-0.2, -0.15) is 0 Å². The normalized spacial score (nSPS) is 11.7. The first-order valence-electron chi connectivity index (χ1n) is 11.1. The van der Waals surface area contributed by atoms with Crippen LogP contribution in [-0.2, 0) is 29.5 Å². The van der Waals surface area contributed by atoms with Crippen molar-refractivity contribution in [3.63, 3.8) is 0 Å². The highest BCUT2D eigenvalue weighted by Crippen LogP contribution is 2.15. The fraction of sp³-hybridized carbons (Fsp3) is 0.292. The van der Waals surface area contributed by atoms with Crippen LogP contribution < -0.4 is 16.0 Å². The van der Waals surface area contributed by atoms with Crippen molar-refractivity contribution in [1.82, 2.24) is 19.1 Å². The number of hydrogen-bond acceptors (Lipinski definition) is 5. The van der Waals surface area contributed by atoms with Gasteiger partial charge in [0, 0.05) is 18.7 Å².